The number of rotatable bonds is 5. The summed E-state index contributed by atoms with van der Waals surface area (Å²) in [5.41, 5.74) is 6.04. The average molecular weight is 409 g/mol. The Morgan fingerprint density at radius 1 is 1.19 bits per heavy atom. The third kappa shape index (κ3) is 3.42. The van der Waals surface area contributed by atoms with E-state index in [9.17, 15) is 9.35 Å². The molecule has 2 aromatic rings. The highest BCUT2D eigenvalue weighted by molar-refractivity contribution is 7.87. The molecule has 0 saturated carbocycles. The molecule has 0 radical (unpaired) electrons. The highest BCUT2D eigenvalue weighted by Crippen LogP contribution is 2.44. The molecule has 0 saturated heterocycles. The van der Waals surface area contributed by atoms with Gasteiger partial charge in [-0.2, -0.15) is 4.98 Å². The zero-order chi connectivity index (χ0) is 19.1. The van der Waals surface area contributed by atoms with E-state index in [1.54, 1.807) is 14.1 Å². The molecule has 1 aromatic carbocycles. The average Bonchev–Trinajstić information content (AvgIpc) is 3.37. The Kier molecular flexibility index (Phi) is 5.07. The molecule has 2 aliphatic rings. The van der Waals surface area contributed by atoms with Gasteiger partial charge in [-0.1, -0.05) is 11.6 Å². The third-order valence-electron chi connectivity index (χ3n) is 5.05. The summed E-state index contributed by atoms with van der Waals surface area (Å²) in [6.07, 6.45) is 7.36. The molecule has 9 heteroatoms. The Morgan fingerprint density at radius 2 is 1.78 bits per heavy atom. The first kappa shape index (κ1) is 18.6. The van der Waals surface area contributed by atoms with E-state index in [1.807, 2.05) is 0 Å². The Hall–Kier alpha value is -1.74. The fourth-order valence-corrected chi connectivity index (χ4v) is 4.67. The molecule has 27 heavy (non-hydrogen) atoms. The topological polar surface area (TPSA) is 93.5 Å². The van der Waals surface area contributed by atoms with Gasteiger partial charge in [0.15, 0.2) is 17.2 Å². The quantitative estimate of drug-likeness (QED) is 0.739. The van der Waals surface area contributed by atoms with Crippen LogP contribution in [0.15, 0.2) is 10.7 Å². The predicted molar refractivity (Wildman–Crippen MR) is 105 cm³/mol. The van der Waals surface area contributed by atoms with Crippen LogP contribution in [0.4, 0.5) is 11.7 Å². The molecule has 2 N–H and O–H groups in total. The number of halogens is 1. The van der Waals surface area contributed by atoms with Gasteiger partial charge >= 0.3 is 5.91 Å². The van der Waals surface area contributed by atoms with Crippen LogP contribution in [-0.2, 0) is 37.2 Å². The number of hydrogen-bond donors (Lipinski definition) is 2. The van der Waals surface area contributed by atoms with Crippen molar-refractivity contribution < 1.29 is 13.8 Å². The lowest BCUT2D eigenvalue weighted by atomic mass is 9.98. The van der Waals surface area contributed by atoms with Crippen molar-refractivity contribution in [3.05, 3.63) is 39.2 Å². The van der Waals surface area contributed by atoms with Crippen LogP contribution in [0.5, 0.6) is 0 Å². The van der Waals surface area contributed by atoms with Gasteiger partial charge in [-0.25, -0.2) is 0 Å². The first-order valence-corrected chi connectivity index (χ1v) is 10.4. The van der Waals surface area contributed by atoms with Gasteiger partial charge in [0.2, 0.25) is 0 Å². The standard InChI is InChI=1S/C18H21ClN4O3S/c1-23(2)27(25)22-17(24)14-9-26-18(20-14)21-16-12-7-3-5-10(12)15(19)11-6-4-8-13(11)16/h9H,3-8H2,1-2H3,(H,20,21)(H,22,24). The highest BCUT2D eigenvalue weighted by atomic mass is 35.5. The maximum absolute atomic E-state index is 12.1. The van der Waals surface area contributed by atoms with Crippen LogP contribution in [0.3, 0.4) is 0 Å². The SMILES string of the molecule is CN(C)[S+]([O-])NC(=O)c1coc(Nc2c3c(c(Cl)c4c2CCC4)CCC3)n1. The molecular formula is C18H21ClN4O3S. The molecule has 144 valence electrons. The fraction of sp³-hybridized carbons (Fsp3) is 0.444. The van der Waals surface area contributed by atoms with Crippen LogP contribution < -0.4 is 10.0 Å². The Bertz CT molecular complexity index is 864. The summed E-state index contributed by atoms with van der Waals surface area (Å²) >= 11 is 5.03. The van der Waals surface area contributed by atoms with E-state index in [4.69, 9.17) is 16.0 Å². The normalized spacial score (nSPS) is 16.3. The van der Waals surface area contributed by atoms with Crippen LogP contribution in [0.2, 0.25) is 5.02 Å². The van der Waals surface area contributed by atoms with Gasteiger partial charge in [0.25, 0.3) is 6.01 Å². The number of nitrogens with one attached hydrogen (secondary N) is 2. The molecule has 2 aliphatic carbocycles. The van der Waals surface area contributed by atoms with Crippen molar-refractivity contribution in [3.8, 4) is 0 Å². The second kappa shape index (κ2) is 7.35. The zero-order valence-corrected chi connectivity index (χ0v) is 16.8. The number of carbonyl (C=O) groups excluding carboxylic acids is 1. The lowest BCUT2D eigenvalue weighted by Crippen LogP contribution is -2.39. The molecule has 1 unspecified atom stereocenters. The number of oxazole rings is 1. The number of anilines is 2. The van der Waals surface area contributed by atoms with Crippen molar-refractivity contribution in [2.75, 3.05) is 19.4 Å². The zero-order valence-electron chi connectivity index (χ0n) is 15.2. The van der Waals surface area contributed by atoms with Gasteiger partial charge < -0.3 is 14.3 Å². The smallest absolute Gasteiger partial charge is 0.315 e. The minimum Gasteiger partial charge on any atom is -0.573 e. The molecule has 0 fully saturated rings. The van der Waals surface area contributed by atoms with E-state index < -0.39 is 17.5 Å². The summed E-state index contributed by atoms with van der Waals surface area (Å²) in [5.74, 6) is -0.551. The maximum atomic E-state index is 12.1. The van der Waals surface area contributed by atoms with Crippen LogP contribution in [0, 0.1) is 0 Å². The van der Waals surface area contributed by atoms with Crippen LogP contribution >= 0.6 is 11.6 Å². The van der Waals surface area contributed by atoms with Crippen LogP contribution in [0.25, 0.3) is 0 Å². The van der Waals surface area contributed by atoms with E-state index in [1.165, 1.54) is 32.8 Å². The summed E-state index contributed by atoms with van der Waals surface area (Å²) in [6.45, 7) is 0. The molecule has 0 bridgehead atoms. The van der Waals surface area contributed by atoms with E-state index in [2.05, 4.69) is 15.0 Å². The first-order valence-electron chi connectivity index (χ1n) is 8.93. The first-order chi connectivity index (χ1) is 13.0. The summed E-state index contributed by atoms with van der Waals surface area (Å²) in [6, 6.07) is 0.251. The molecule has 1 atom stereocenters. The van der Waals surface area contributed by atoms with Crippen LogP contribution in [0.1, 0.15) is 45.6 Å². The number of amides is 1. The Morgan fingerprint density at radius 3 is 2.37 bits per heavy atom. The van der Waals surface area contributed by atoms with Crippen molar-refractivity contribution in [3.63, 3.8) is 0 Å². The number of aromatic nitrogens is 1. The molecule has 4 rings (SSSR count). The second-order valence-electron chi connectivity index (χ2n) is 6.97. The lowest BCUT2D eigenvalue weighted by molar-refractivity contribution is 0.0974. The highest BCUT2D eigenvalue weighted by Gasteiger charge is 2.29. The van der Waals surface area contributed by atoms with Crippen molar-refractivity contribution in [1.82, 2.24) is 14.0 Å². The van der Waals surface area contributed by atoms with Crippen molar-refractivity contribution in [1.29, 1.82) is 0 Å². The number of fused-ring (bicyclic) bond motifs is 2. The Labute approximate surface area is 165 Å². The summed E-state index contributed by atoms with van der Waals surface area (Å²) < 4.78 is 20.9. The van der Waals surface area contributed by atoms with E-state index >= 15 is 0 Å². The van der Waals surface area contributed by atoms with Crippen LogP contribution in [-0.4, -0.2) is 33.8 Å². The van der Waals surface area contributed by atoms with Gasteiger partial charge in [-0.3, -0.25) is 4.79 Å². The molecule has 7 nitrogen and oxygen atoms in total. The van der Waals surface area contributed by atoms with Crippen molar-refractivity contribution in [2.24, 2.45) is 0 Å². The van der Waals surface area contributed by atoms with Gasteiger partial charge in [-0.15, -0.1) is 9.03 Å². The molecule has 1 heterocycles. The number of carbonyl (C=O) groups is 1. The fourth-order valence-electron chi connectivity index (χ4n) is 3.80. The summed E-state index contributed by atoms with van der Waals surface area (Å²) in [4.78, 5) is 16.4. The van der Waals surface area contributed by atoms with E-state index in [0.29, 0.717) is 0 Å². The summed E-state index contributed by atoms with van der Waals surface area (Å²) in [7, 11) is 3.21. The third-order valence-corrected chi connectivity index (χ3v) is 6.53. The van der Waals surface area contributed by atoms with Crippen molar-refractivity contribution >= 4 is 40.8 Å². The number of benzene rings is 1. The molecular weight excluding hydrogens is 388 g/mol. The van der Waals surface area contributed by atoms with Crippen molar-refractivity contribution in [2.45, 2.75) is 38.5 Å². The van der Waals surface area contributed by atoms with Gasteiger partial charge in [0.05, 0.1) is 0 Å². The molecule has 0 spiro atoms. The molecule has 1 aromatic heterocycles. The van der Waals surface area contributed by atoms with E-state index in [-0.39, 0.29) is 11.7 Å². The Balaban J connectivity index is 1.60. The number of hydrogen-bond acceptors (Lipinski definition) is 6. The maximum Gasteiger partial charge on any atom is 0.315 e. The predicted octanol–water partition coefficient (Wildman–Crippen LogP) is 2.92. The van der Waals surface area contributed by atoms with Gasteiger partial charge in [0, 0.05) is 24.8 Å². The number of nitrogens with zero attached hydrogens (tertiary/aromatic N) is 2. The second-order valence-corrected chi connectivity index (χ2v) is 8.78. The molecule has 1 amide bonds. The minimum absolute atomic E-state index is 0.0787. The van der Waals surface area contributed by atoms with E-state index in [0.717, 1.165) is 49.2 Å². The molecule has 0 aliphatic heterocycles. The lowest BCUT2D eigenvalue weighted by Gasteiger charge is -2.17. The summed E-state index contributed by atoms with van der Waals surface area (Å²) in [5, 5.41) is 4.21. The largest absolute Gasteiger partial charge is 0.573 e. The monoisotopic (exact) mass is 408 g/mol. The minimum atomic E-state index is -1.62. The van der Waals surface area contributed by atoms with Gasteiger partial charge in [-0.05, 0) is 60.8 Å². The van der Waals surface area contributed by atoms with Gasteiger partial charge in [0.1, 0.15) is 6.26 Å².